The lowest BCUT2D eigenvalue weighted by atomic mass is 9.95. The zero-order chi connectivity index (χ0) is 18.1. The first kappa shape index (κ1) is 17.0. The Hall–Kier alpha value is -2.46. The molecule has 0 spiro atoms. The number of hydrogen-bond acceptors (Lipinski definition) is 3. The van der Waals surface area contributed by atoms with Crippen LogP contribution in [-0.4, -0.2) is 32.5 Å². The van der Waals surface area contributed by atoms with Gasteiger partial charge in [-0.25, -0.2) is 4.98 Å². The zero-order valence-electron chi connectivity index (χ0n) is 15.8. The summed E-state index contributed by atoms with van der Waals surface area (Å²) in [6.45, 7) is 7.48. The summed E-state index contributed by atoms with van der Waals surface area (Å²) in [6.07, 6.45) is 7.05. The molecule has 0 unspecified atom stereocenters. The van der Waals surface area contributed by atoms with Crippen molar-refractivity contribution < 1.29 is 0 Å². The van der Waals surface area contributed by atoms with Gasteiger partial charge in [-0.15, -0.1) is 0 Å². The van der Waals surface area contributed by atoms with E-state index in [4.69, 9.17) is 0 Å². The quantitative estimate of drug-likeness (QED) is 0.713. The van der Waals surface area contributed by atoms with Gasteiger partial charge in [-0.05, 0) is 61.6 Å². The Labute approximate surface area is 155 Å². The number of likely N-dealkylation sites (tertiary alicyclic amines) is 1. The molecule has 1 saturated heterocycles. The maximum Gasteiger partial charge on any atom is 0.122 e. The maximum atomic E-state index is 4.65. The van der Waals surface area contributed by atoms with Crippen molar-refractivity contribution >= 4 is 0 Å². The number of nitrogens with zero attached hydrogens (tertiary/aromatic N) is 4. The Bertz CT molecular complexity index is 912. The van der Waals surface area contributed by atoms with Crippen LogP contribution in [0.15, 0.2) is 48.9 Å². The second-order valence-electron chi connectivity index (χ2n) is 7.40. The van der Waals surface area contributed by atoms with E-state index in [-0.39, 0.29) is 0 Å². The van der Waals surface area contributed by atoms with Gasteiger partial charge in [0.1, 0.15) is 5.82 Å². The highest BCUT2D eigenvalue weighted by molar-refractivity contribution is 5.65. The number of rotatable bonds is 4. The first-order chi connectivity index (χ1) is 12.6. The largest absolute Gasteiger partial charge is 0.337 e. The highest BCUT2D eigenvalue weighted by Gasteiger charge is 2.25. The van der Waals surface area contributed by atoms with Crippen LogP contribution in [-0.2, 0) is 13.6 Å². The fraction of sp³-hybridized carbons (Fsp3) is 0.364. The van der Waals surface area contributed by atoms with E-state index < -0.39 is 0 Å². The molecule has 3 heterocycles. The molecule has 26 heavy (non-hydrogen) atoms. The standard InChI is InChI=1S/C22H26N4/c1-16-5-4-6-20(17(16)2)21-13-18(7-9-23-21)19-8-11-26(14-19)15-22-24-10-12-25(22)3/h4-7,9-10,12-13,19H,8,11,14-15H2,1-3H3/t19-/m1/s1. The molecule has 0 bridgehead atoms. The van der Waals surface area contributed by atoms with Gasteiger partial charge in [0.05, 0.1) is 12.2 Å². The predicted octanol–water partition coefficient (Wildman–Crippen LogP) is 4.09. The molecule has 1 atom stereocenters. The summed E-state index contributed by atoms with van der Waals surface area (Å²) in [5.74, 6) is 1.71. The molecule has 0 radical (unpaired) electrons. The Balaban J connectivity index is 1.52. The average molecular weight is 346 g/mol. The Morgan fingerprint density at radius 1 is 1.12 bits per heavy atom. The van der Waals surface area contributed by atoms with E-state index in [2.05, 4.69) is 70.7 Å². The highest BCUT2D eigenvalue weighted by Crippen LogP contribution is 2.31. The SMILES string of the molecule is Cc1cccc(-c2cc([C@@H]3CCN(Cc4nccn4C)C3)ccn2)c1C. The molecule has 1 aliphatic heterocycles. The molecule has 4 rings (SSSR count). The Morgan fingerprint density at radius 3 is 2.81 bits per heavy atom. The van der Waals surface area contributed by atoms with E-state index >= 15 is 0 Å². The number of benzene rings is 1. The van der Waals surface area contributed by atoms with Crippen LogP contribution in [0, 0.1) is 13.8 Å². The van der Waals surface area contributed by atoms with Crippen LogP contribution in [0.1, 0.15) is 34.9 Å². The second kappa shape index (κ2) is 7.04. The summed E-state index contributed by atoms with van der Waals surface area (Å²) in [5, 5.41) is 0. The van der Waals surface area contributed by atoms with Gasteiger partial charge in [0.15, 0.2) is 0 Å². The lowest BCUT2D eigenvalue weighted by Crippen LogP contribution is -2.21. The van der Waals surface area contributed by atoms with Crippen LogP contribution in [0.3, 0.4) is 0 Å². The van der Waals surface area contributed by atoms with Crippen molar-refractivity contribution in [1.29, 1.82) is 0 Å². The van der Waals surface area contributed by atoms with Crippen molar-refractivity contribution in [2.24, 2.45) is 7.05 Å². The molecule has 0 saturated carbocycles. The summed E-state index contributed by atoms with van der Waals surface area (Å²) in [7, 11) is 2.06. The number of pyridine rings is 1. The molecular weight excluding hydrogens is 320 g/mol. The molecule has 1 aromatic carbocycles. The van der Waals surface area contributed by atoms with Crippen molar-refractivity contribution in [1.82, 2.24) is 19.4 Å². The molecule has 4 nitrogen and oxygen atoms in total. The van der Waals surface area contributed by atoms with Crippen LogP contribution in [0.4, 0.5) is 0 Å². The van der Waals surface area contributed by atoms with Gasteiger partial charge in [0.2, 0.25) is 0 Å². The molecular formula is C22H26N4. The van der Waals surface area contributed by atoms with Gasteiger partial charge in [0.25, 0.3) is 0 Å². The summed E-state index contributed by atoms with van der Waals surface area (Å²) in [6, 6.07) is 10.9. The van der Waals surface area contributed by atoms with Crippen LogP contribution in [0.25, 0.3) is 11.3 Å². The first-order valence-electron chi connectivity index (χ1n) is 9.33. The van der Waals surface area contributed by atoms with Crippen molar-refractivity contribution in [3.63, 3.8) is 0 Å². The molecule has 0 amide bonds. The normalized spacial score (nSPS) is 17.7. The van der Waals surface area contributed by atoms with Crippen molar-refractivity contribution in [2.75, 3.05) is 13.1 Å². The predicted molar refractivity (Wildman–Crippen MR) is 105 cm³/mol. The topological polar surface area (TPSA) is 34.0 Å². The summed E-state index contributed by atoms with van der Waals surface area (Å²) in [4.78, 5) is 11.6. The smallest absolute Gasteiger partial charge is 0.122 e. The molecule has 2 aromatic heterocycles. The fourth-order valence-electron chi connectivity index (χ4n) is 3.87. The van der Waals surface area contributed by atoms with Crippen LogP contribution in [0.2, 0.25) is 0 Å². The molecule has 134 valence electrons. The lowest BCUT2D eigenvalue weighted by molar-refractivity contribution is 0.314. The molecule has 3 aromatic rings. The Morgan fingerprint density at radius 2 is 2.00 bits per heavy atom. The summed E-state index contributed by atoms with van der Waals surface area (Å²) < 4.78 is 2.11. The van der Waals surface area contributed by atoms with Gasteiger partial charge >= 0.3 is 0 Å². The lowest BCUT2D eigenvalue weighted by Gasteiger charge is -2.16. The number of hydrogen-bond donors (Lipinski definition) is 0. The van der Waals surface area contributed by atoms with Crippen molar-refractivity contribution in [2.45, 2.75) is 32.7 Å². The second-order valence-corrected chi connectivity index (χ2v) is 7.40. The Kier molecular flexibility index (Phi) is 4.60. The average Bonchev–Trinajstić information content (AvgIpc) is 3.27. The maximum absolute atomic E-state index is 4.65. The van der Waals surface area contributed by atoms with E-state index in [0.717, 1.165) is 31.2 Å². The van der Waals surface area contributed by atoms with Gasteiger partial charge in [-0.3, -0.25) is 9.88 Å². The number of aryl methyl sites for hydroxylation is 2. The minimum Gasteiger partial charge on any atom is -0.337 e. The summed E-state index contributed by atoms with van der Waals surface area (Å²) >= 11 is 0. The number of imidazole rings is 1. The van der Waals surface area contributed by atoms with Gasteiger partial charge in [-0.1, -0.05) is 18.2 Å². The van der Waals surface area contributed by atoms with Gasteiger partial charge in [0, 0.05) is 37.7 Å². The highest BCUT2D eigenvalue weighted by atomic mass is 15.2. The molecule has 0 aliphatic carbocycles. The molecule has 1 fully saturated rings. The zero-order valence-corrected chi connectivity index (χ0v) is 15.8. The fourth-order valence-corrected chi connectivity index (χ4v) is 3.87. The minimum absolute atomic E-state index is 0.571. The van der Waals surface area contributed by atoms with Crippen LogP contribution < -0.4 is 0 Å². The van der Waals surface area contributed by atoms with Crippen LogP contribution in [0.5, 0.6) is 0 Å². The monoisotopic (exact) mass is 346 g/mol. The van der Waals surface area contributed by atoms with E-state index in [1.165, 1.54) is 28.7 Å². The van der Waals surface area contributed by atoms with E-state index in [9.17, 15) is 0 Å². The van der Waals surface area contributed by atoms with E-state index in [1.54, 1.807) is 0 Å². The summed E-state index contributed by atoms with van der Waals surface area (Å²) in [5.41, 5.74) is 6.37. The third kappa shape index (κ3) is 3.29. The number of aromatic nitrogens is 3. The van der Waals surface area contributed by atoms with E-state index in [0.29, 0.717) is 5.92 Å². The van der Waals surface area contributed by atoms with Gasteiger partial charge in [-0.2, -0.15) is 0 Å². The van der Waals surface area contributed by atoms with E-state index in [1.807, 2.05) is 18.6 Å². The van der Waals surface area contributed by atoms with Crippen molar-refractivity contribution in [3.8, 4) is 11.3 Å². The minimum atomic E-state index is 0.571. The van der Waals surface area contributed by atoms with Gasteiger partial charge < -0.3 is 4.57 Å². The third-order valence-corrected chi connectivity index (χ3v) is 5.69. The molecule has 0 N–H and O–H groups in total. The molecule has 1 aliphatic rings. The van der Waals surface area contributed by atoms with Crippen molar-refractivity contribution in [3.05, 3.63) is 71.4 Å². The van der Waals surface area contributed by atoms with Crippen LogP contribution >= 0.6 is 0 Å². The first-order valence-corrected chi connectivity index (χ1v) is 9.33. The third-order valence-electron chi connectivity index (χ3n) is 5.69. The molecule has 4 heteroatoms.